The molecule has 1 amide bonds. The molecular weight excluding hydrogens is 433 g/mol. The zero-order valence-electron chi connectivity index (χ0n) is 17.5. The van der Waals surface area contributed by atoms with Crippen LogP contribution in [-0.2, 0) is 9.53 Å². The van der Waals surface area contributed by atoms with Crippen molar-refractivity contribution in [1.29, 1.82) is 0 Å². The highest BCUT2D eigenvalue weighted by molar-refractivity contribution is 7.99. The van der Waals surface area contributed by atoms with E-state index in [1.54, 1.807) is 11.1 Å². The van der Waals surface area contributed by atoms with Crippen molar-refractivity contribution in [3.8, 4) is 5.75 Å². The number of nitrogens with zero attached hydrogens (tertiary/aromatic N) is 3. The molecule has 1 unspecified atom stereocenters. The lowest BCUT2D eigenvalue weighted by atomic mass is 10.1. The Morgan fingerprint density at radius 2 is 2.06 bits per heavy atom. The maximum Gasteiger partial charge on any atom is 0.233 e. The topological polar surface area (TPSA) is 81.6 Å². The fourth-order valence-corrected chi connectivity index (χ4v) is 4.11. The maximum atomic E-state index is 13.4. The number of benzene rings is 2. The molecule has 4 rings (SSSR count). The molecule has 0 N–H and O–H groups in total. The minimum Gasteiger partial charge on any atom is -0.490 e. The molecule has 1 aliphatic rings. The predicted molar refractivity (Wildman–Crippen MR) is 118 cm³/mol. The molecular formula is C23H22FN3O4S. The number of ether oxygens (including phenoxy) is 2. The lowest BCUT2D eigenvalue weighted by Gasteiger charge is -2.33. The van der Waals surface area contributed by atoms with Gasteiger partial charge in [-0.2, -0.15) is 0 Å². The molecule has 9 heteroatoms. The van der Waals surface area contributed by atoms with Crippen molar-refractivity contribution in [2.24, 2.45) is 0 Å². The monoisotopic (exact) mass is 455 g/mol. The van der Waals surface area contributed by atoms with Gasteiger partial charge < -0.3 is 14.4 Å². The summed E-state index contributed by atoms with van der Waals surface area (Å²) in [5, 5.41) is 0.693. The smallest absolute Gasteiger partial charge is 0.233 e. The number of carbonyl (C=O) groups excluding carboxylic acids is 2. The lowest BCUT2D eigenvalue weighted by molar-refractivity contribution is -0.137. The van der Waals surface area contributed by atoms with E-state index >= 15 is 0 Å². The quantitative estimate of drug-likeness (QED) is 0.399. The Morgan fingerprint density at radius 3 is 2.88 bits per heavy atom. The van der Waals surface area contributed by atoms with Gasteiger partial charge in [-0.25, -0.2) is 9.37 Å². The molecule has 3 aromatic rings. The number of Topliss-reactive ketones (excluding diaryl/α,β-unsaturated/α-hetero) is 1. The summed E-state index contributed by atoms with van der Waals surface area (Å²) in [4.78, 5) is 35.1. The highest BCUT2D eigenvalue weighted by Crippen LogP contribution is 2.22. The van der Waals surface area contributed by atoms with Crippen LogP contribution < -0.4 is 4.74 Å². The van der Waals surface area contributed by atoms with Crippen molar-refractivity contribution in [2.45, 2.75) is 18.1 Å². The van der Waals surface area contributed by atoms with Gasteiger partial charge in [-0.3, -0.25) is 14.6 Å². The number of thioether (sulfide) groups is 1. The second kappa shape index (κ2) is 10.1. The van der Waals surface area contributed by atoms with Crippen molar-refractivity contribution >= 4 is 34.5 Å². The highest BCUT2D eigenvalue weighted by atomic mass is 32.2. The van der Waals surface area contributed by atoms with Gasteiger partial charge in [0.05, 0.1) is 41.7 Å². The van der Waals surface area contributed by atoms with E-state index in [1.807, 2.05) is 24.3 Å². The van der Waals surface area contributed by atoms with E-state index in [0.717, 1.165) is 17.1 Å². The van der Waals surface area contributed by atoms with Gasteiger partial charge in [0.2, 0.25) is 5.91 Å². The minimum absolute atomic E-state index is 0.0236. The molecule has 1 aromatic heterocycles. The molecule has 32 heavy (non-hydrogen) atoms. The van der Waals surface area contributed by atoms with Gasteiger partial charge >= 0.3 is 0 Å². The Hall–Kier alpha value is -3.04. The van der Waals surface area contributed by atoms with Crippen molar-refractivity contribution in [3.05, 3.63) is 60.0 Å². The van der Waals surface area contributed by atoms with Crippen molar-refractivity contribution in [3.63, 3.8) is 0 Å². The molecule has 1 atom stereocenters. The van der Waals surface area contributed by atoms with Crippen molar-refractivity contribution < 1.29 is 23.5 Å². The van der Waals surface area contributed by atoms with Gasteiger partial charge in [0.25, 0.3) is 0 Å². The van der Waals surface area contributed by atoms with Crippen LogP contribution >= 0.6 is 11.8 Å². The maximum absolute atomic E-state index is 13.4. The Kier molecular flexibility index (Phi) is 6.96. The summed E-state index contributed by atoms with van der Waals surface area (Å²) < 4.78 is 24.9. The number of hydrogen-bond donors (Lipinski definition) is 0. The number of hydrogen-bond acceptors (Lipinski definition) is 7. The van der Waals surface area contributed by atoms with Gasteiger partial charge in [-0.1, -0.05) is 23.9 Å². The summed E-state index contributed by atoms with van der Waals surface area (Å²) in [5.41, 5.74) is 1.79. The van der Waals surface area contributed by atoms with Crippen LogP contribution in [0.4, 0.5) is 4.39 Å². The summed E-state index contributed by atoms with van der Waals surface area (Å²) >= 11 is 1.35. The third-order valence-electron chi connectivity index (χ3n) is 5.01. The Balaban J connectivity index is 1.31. The normalized spacial score (nSPS) is 16.2. The fraction of sp³-hybridized carbons (Fsp3) is 0.304. The van der Waals surface area contributed by atoms with E-state index in [2.05, 4.69) is 9.97 Å². The van der Waals surface area contributed by atoms with E-state index < -0.39 is 5.82 Å². The van der Waals surface area contributed by atoms with Crippen LogP contribution in [0.1, 0.15) is 17.3 Å². The average molecular weight is 456 g/mol. The highest BCUT2D eigenvalue weighted by Gasteiger charge is 2.25. The molecule has 1 fully saturated rings. The van der Waals surface area contributed by atoms with Crippen LogP contribution in [0.3, 0.4) is 0 Å². The second-order valence-electron chi connectivity index (χ2n) is 7.33. The van der Waals surface area contributed by atoms with Crippen LogP contribution in [0.5, 0.6) is 5.75 Å². The lowest BCUT2D eigenvalue weighted by Crippen LogP contribution is -2.48. The summed E-state index contributed by atoms with van der Waals surface area (Å²) in [6.07, 6.45) is 1.33. The summed E-state index contributed by atoms with van der Waals surface area (Å²) in [7, 11) is 0. The number of fused-ring (bicyclic) bond motifs is 1. The zero-order chi connectivity index (χ0) is 22.5. The van der Waals surface area contributed by atoms with Crippen LogP contribution in [0, 0.1) is 5.82 Å². The van der Waals surface area contributed by atoms with Crippen molar-refractivity contribution in [1.82, 2.24) is 14.9 Å². The number of rotatable bonds is 7. The van der Waals surface area contributed by atoms with E-state index in [4.69, 9.17) is 9.47 Å². The number of morpholine rings is 1. The third-order valence-corrected chi connectivity index (χ3v) is 5.89. The summed E-state index contributed by atoms with van der Waals surface area (Å²) in [5.74, 6) is -0.259. The van der Waals surface area contributed by atoms with Gasteiger partial charge in [0.15, 0.2) is 5.78 Å². The molecule has 0 bridgehead atoms. The fourth-order valence-electron chi connectivity index (χ4n) is 3.37. The number of aromatic nitrogens is 2. The van der Waals surface area contributed by atoms with E-state index in [-0.39, 0.29) is 35.7 Å². The van der Waals surface area contributed by atoms with Crippen LogP contribution in [0.15, 0.2) is 53.7 Å². The molecule has 0 aliphatic carbocycles. The van der Waals surface area contributed by atoms with Gasteiger partial charge in [0.1, 0.15) is 29.3 Å². The van der Waals surface area contributed by atoms with E-state index in [9.17, 15) is 14.0 Å². The van der Waals surface area contributed by atoms with E-state index in [1.165, 1.54) is 30.8 Å². The standard InChI is InChI=1S/C23H22FN3O4S/c1-15(28)18-10-16(24)6-7-21(18)31-13-17-12-27(8-9-30-17)23(29)14-32-22-11-25-19-4-2-3-5-20(19)26-22/h2-7,10-11,17H,8-9,12-14H2,1H3. The Bertz CT molecular complexity index is 1140. The molecule has 2 aromatic carbocycles. The Labute approximate surface area is 188 Å². The second-order valence-corrected chi connectivity index (χ2v) is 8.32. The molecule has 0 saturated carbocycles. The SMILES string of the molecule is CC(=O)c1cc(F)ccc1OCC1CN(C(=O)CSc2cnc3ccccc3n2)CCO1. The van der Waals surface area contributed by atoms with E-state index in [0.29, 0.717) is 30.5 Å². The van der Waals surface area contributed by atoms with Gasteiger partial charge in [-0.05, 0) is 37.3 Å². The zero-order valence-corrected chi connectivity index (χ0v) is 18.3. The minimum atomic E-state index is -0.498. The van der Waals surface area contributed by atoms with Gasteiger partial charge in [0, 0.05) is 6.54 Å². The average Bonchev–Trinajstić information content (AvgIpc) is 2.81. The molecule has 0 spiro atoms. The molecule has 166 valence electrons. The van der Waals surface area contributed by atoms with Crippen LogP contribution in [0.2, 0.25) is 0 Å². The Morgan fingerprint density at radius 1 is 1.25 bits per heavy atom. The molecule has 2 heterocycles. The number of amides is 1. The largest absolute Gasteiger partial charge is 0.490 e. The number of ketones is 1. The van der Waals surface area contributed by atoms with Gasteiger partial charge in [-0.15, -0.1) is 0 Å². The molecule has 1 saturated heterocycles. The summed E-state index contributed by atoms with van der Waals surface area (Å²) in [6, 6.07) is 11.4. The van der Waals surface area contributed by atoms with Crippen LogP contribution in [0.25, 0.3) is 11.0 Å². The molecule has 7 nitrogen and oxygen atoms in total. The number of para-hydroxylation sites is 2. The number of halogens is 1. The van der Waals surface area contributed by atoms with Crippen LogP contribution in [-0.4, -0.2) is 64.7 Å². The third kappa shape index (κ3) is 5.41. The predicted octanol–water partition coefficient (Wildman–Crippen LogP) is 3.37. The summed E-state index contributed by atoms with van der Waals surface area (Å²) in [6.45, 7) is 2.77. The molecule has 0 radical (unpaired) electrons. The first-order chi connectivity index (χ1) is 15.5. The first kappa shape index (κ1) is 22.2. The first-order valence-corrected chi connectivity index (χ1v) is 11.2. The van der Waals surface area contributed by atoms with Crippen molar-refractivity contribution in [2.75, 3.05) is 32.1 Å². The number of carbonyl (C=O) groups is 2. The first-order valence-electron chi connectivity index (χ1n) is 10.2. The molecule has 1 aliphatic heterocycles.